The normalized spacial score (nSPS) is 10.8. The highest BCUT2D eigenvalue weighted by Crippen LogP contribution is 2.24. The quantitative estimate of drug-likeness (QED) is 0.362. The molecule has 0 bridgehead atoms. The average Bonchev–Trinajstić information content (AvgIpc) is 2.38. The minimum Gasteiger partial charge on any atom is -0.258 e. The molecule has 0 unspecified atom stereocenters. The molecule has 5 heteroatoms. The summed E-state index contributed by atoms with van der Waals surface area (Å²) in [5.74, 6) is 0. The summed E-state index contributed by atoms with van der Waals surface area (Å²) in [5.41, 5.74) is 1.45. The number of rotatable bonds is 1. The summed E-state index contributed by atoms with van der Waals surface area (Å²) in [4.78, 5) is 18.6. The Morgan fingerprint density at radius 3 is 2.65 bits per heavy atom. The summed E-state index contributed by atoms with van der Waals surface area (Å²) in [6.45, 7) is 0. The van der Waals surface area contributed by atoms with Crippen LogP contribution in [-0.2, 0) is 0 Å². The van der Waals surface area contributed by atoms with E-state index in [2.05, 4.69) is 9.97 Å². The molecule has 2 aromatic heterocycles. The summed E-state index contributed by atoms with van der Waals surface area (Å²) >= 11 is 0. The molecule has 0 aliphatic heterocycles. The average molecular weight is 225 g/mol. The van der Waals surface area contributed by atoms with E-state index in [1.807, 2.05) is 24.3 Å². The second-order valence-corrected chi connectivity index (χ2v) is 3.66. The van der Waals surface area contributed by atoms with Crippen molar-refractivity contribution in [3.63, 3.8) is 0 Å². The highest BCUT2D eigenvalue weighted by atomic mass is 16.6. The Morgan fingerprint density at radius 1 is 1.06 bits per heavy atom. The van der Waals surface area contributed by atoms with Crippen LogP contribution in [0.5, 0.6) is 0 Å². The first-order chi connectivity index (χ1) is 8.25. The third kappa shape index (κ3) is 1.48. The van der Waals surface area contributed by atoms with Gasteiger partial charge < -0.3 is 0 Å². The number of hydrogen-bond donors (Lipinski definition) is 0. The zero-order valence-electron chi connectivity index (χ0n) is 8.70. The van der Waals surface area contributed by atoms with Gasteiger partial charge >= 0.3 is 0 Å². The molecule has 0 amide bonds. The van der Waals surface area contributed by atoms with Crippen LogP contribution >= 0.6 is 0 Å². The van der Waals surface area contributed by atoms with Gasteiger partial charge in [-0.25, -0.2) is 4.98 Å². The number of nitro groups is 1. The second-order valence-electron chi connectivity index (χ2n) is 3.66. The molecule has 3 rings (SSSR count). The topological polar surface area (TPSA) is 68.9 Å². The summed E-state index contributed by atoms with van der Waals surface area (Å²) in [6, 6.07) is 9.00. The van der Waals surface area contributed by atoms with Gasteiger partial charge in [0.1, 0.15) is 6.20 Å². The molecule has 0 saturated heterocycles. The van der Waals surface area contributed by atoms with E-state index in [4.69, 9.17) is 0 Å². The first-order valence-electron chi connectivity index (χ1n) is 5.03. The maximum Gasteiger partial charge on any atom is 0.288 e. The third-order valence-electron chi connectivity index (χ3n) is 2.62. The smallest absolute Gasteiger partial charge is 0.258 e. The molecule has 0 aliphatic rings. The number of benzene rings is 1. The predicted molar refractivity (Wildman–Crippen MR) is 63.7 cm³/mol. The lowest BCUT2D eigenvalue weighted by atomic mass is 10.1. The van der Waals surface area contributed by atoms with Gasteiger partial charge in [-0.3, -0.25) is 15.1 Å². The van der Waals surface area contributed by atoms with E-state index in [0.29, 0.717) is 5.52 Å². The van der Waals surface area contributed by atoms with Crippen molar-refractivity contribution in [2.75, 3.05) is 0 Å². The highest BCUT2D eigenvalue weighted by molar-refractivity contribution is 6.02. The van der Waals surface area contributed by atoms with E-state index in [1.165, 1.54) is 12.3 Å². The molecule has 82 valence electrons. The standard InChI is InChI=1S/C12H7N3O2/c16-15(17)10-6-9-4-3-8-2-1-5-13-11(8)12(9)14-7-10/h1-7H. The van der Waals surface area contributed by atoms with Gasteiger partial charge in [0.05, 0.1) is 16.0 Å². The van der Waals surface area contributed by atoms with Crippen molar-refractivity contribution in [3.8, 4) is 0 Å². The monoisotopic (exact) mass is 225 g/mol. The molecule has 3 aromatic rings. The number of fused-ring (bicyclic) bond motifs is 3. The van der Waals surface area contributed by atoms with Crippen LogP contribution in [0.15, 0.2) is 42.7 Å². The van der Waals surface area contributed by atoms with Crippen LogP contribution in [-0.4, -0.2) is 14.9 Å². The van der Waals surface area contributed by atoms with Crippen LogP contribution in [0.1, 0.15) is 0 Å². The van der Waals surface area contributed by atoms with Crippen molar-refractivity contribution in [2.24, 2.45) is 0 Å². The van der Waals surface area contributed by atoms with Gasteiger partial charge in [-0.05, 0) is 6.07 Å². The number of nitrogens with zero attached hydrogens (tertiary/aromatic N) is 3. The SMILES string of the molecule is O=[N+]([O-])c1cnc2c(ccc3cccnc32)c1. The predicted octanol–water partition coefficient (Wildman–Crippen LogP) is 2.69. The summed E-state index contributed by atoms with van der Waals surface area (Å²) in [6.07, 6.45) is 2.95. The summed E-state index contributed by atoms with van der Waals surface area (Å²) in [5, 5.41) is 12.4. The lowest BCUT2D eigenvalue weighted by molar-refractivity contribution is -0.385. The van der Waals surface area contributed by atoms with Crippen molar-refractivity contribution < 1.29 is 4.92 Å². The molecule has 0 saturated carbocycles. The molecular formula is C12H7N3O2. The molecule has 0 N–H and O–H groups in total. The van der Waals surface area contributed by atoms with Crippen LogP contribution in [0, 0.1) is 10.1 Å². The van der Waals surface area contributed by atoms with Gasteiger partial charge in [-0.15, -0.1) is 0 Å². The molecule has 2 heterocycles. The maximum absolute atomic E-state index is 10.7. The van der Waals surface area contributed by atoms with Crippen molar-refractivity contribution in [1.29, 1.82) is 0 Å². The van der Waals surface area contributed by atoms with E-state index in [1.54, 1.807) is 6.20 Å². The molecule has 0 radical (unpaired) electrons. The second kappa shape index (κ2) is 3.48. The van der Waals surface area contributed by atoms with Crippen LogP contribution in [0.3, 0.4) is 0 Å². The van der Waals surface area contributed by atoms with Crippen LogP contribution in [0.25, 0.3) is 21.8 Å². The minimum atomic E-state index is -0.449. The zero-order valence-corrected chi connectivity index (χ0v) is 8.70. The van der Waals surface area contributed by atoms with Gasteiger partial charge in [0, 0.05) is 23.0 Å². The van der Waals surface area contributed by atoms with Gasteiger partial charge in [-0.2, -0.15) is 0 Å². The van der Waals surface area contributed by atoms with Crippen LogP contribution in [0.2, 0.25) is 0 Å². The Hall–Kier alpha value is -2.56. The van der Waals surface area contributed by atoms with Gasteiger partial charge in [-0.1, -0.05) is 18.2 Å². The van der Waals surface area contributed by atoms with E-state index in [0.717, 1.165) is 16.3 Å². The Kier molecular flexibility index (Phi) is 1.98. The van der Waals surface area contributed by atoms with E-state index in [9.17, 15) is 10.1 Å². The summed E-state index contributed by atoms with van der Waals surface area (Å²) in [7, 11) is 0. The number of aromatic nitrogens is 2. The van der Waals surface area contributed by atoms with Crippen molar-refractivity contribution in [2.45, 2.75) is 0 Å². The first-order valence-corrected chi connectivity index (χ1v) is 5.03. The maximum atomic E-state index is 10.7. The Balaban J connectivity index is 2.41. The Morgan fingerprint density at radius 2 is 1.82 bits per heavy atom. The third-order valence-corrected chi connectivity index (χ3v) is 2.62. The molecule has 0 aliphatic carbocycles. The lowest BCUT2D eigenvalue weighted by Gasteiger charge is -2.01. The fraction of sp³-hybridized carbons (Fsp3) is 0. The minimum absolute atomic E-state index is 0.00668. The van der Waals surface area contributed by atoms with E-state index in [-0.39, 0.29) is 5.69 Å². The van der Waals surface area contributed by atoms with Crippen LogP contribution < -0.4 is 0 Å². The molecule has 0 fully saturated rings. The fourth-order valence-corrected chi connectivity index (χ4v) is 1.82. The van der Waals surface area contributed by atoms with Gasteiger partial charge in [0.2, 0.25) is 0 Å². The highest BCUT2D eigenvalue weighted by Gasteiger charge is 2.09. The Labute approximate surface area is 95.9 Å². The van der Waals surface area contributed by atoms with E-state index >= 15 is 0 Å². The van der Waals surface area contributed by atoms with Crippen molar-refractivity contribution in [1.82, 2.24) is 9.97 Å². The van der Waals surface area contributed by atoms with Crippen molar-refractivity contribution in [3.05, 3.63) is 52.8 Å². The van der Waals surface area contributed by atoms with Gasteiger partial charge in [0.25, 0.3) is 5.69 Å². The van der Waals surface area contributed by atoms with Crippen molar-refractivity contribution >= 4 is 27.5 Å². The van der Waals surface area contributed by atoms with Crippen LogP contribution in [0.4, 0.5) is 5.69 Å². The molecule has 5 nitrogen and oxygen atoms in total. The lowest BCUT2D eigenvalue weighted by Crippen LogP contribution is -1.90. The molecule has 0 atom stereocenters. The zero-order chi connectivity index (χ0) is 11.8. The molecular weight excluding hydrogens is 218 g/mol. The molecule has 1 aromatic carbocycles. The van der Waals surface area contributed by atoms with E-state index < -0.39 is 4.92 Å². The Bertz CT molecular complexity index is 740. The molecule has 0 spiro atoms. The largest absolute Gasteiger partial charge is 0.288 e. The number of hydrogen-bond acceptors (Lipinski definition) is 4. The first kappa shape index (κ1) is 9.65. The fourth-order valence-electron chi connectivity index (χ4n) is 1.82. The van der Waals surface area contributed by atoms with Gasteiger partial charge in [0.15, 0.2) is 0 Å². The molecule has 17 heavy (non-hydrogen) atoms. The summed E-state index contributed by atoms with van der Waals surface area (Å²) < 4.78 is 0. The number of pyridine rings is 2.